The first-order valence-corrected chi connectivity index (χ1v) is 11.4. The molecule has 0 unspecified atom stereocenters. The van der Waals surface area contributed by atoms with E-state index in [4.69, 9.17) is 25.8 Å². The maximum Gasteiger partial charge on any atom is 0.295 e. The number of ketones is 1. The zero-order valence-corrected chi connectivity index (χ0v) is 19.9. The van der Waals surface area contributed by atoms with E-state index in [-0.39, 0.29) is 11.3 Å². The standard InChI is InChI=1S/C25H27ClN2O6/c1-32-19-5-3-4-18(24(19)33-2)21-20(22(29)16-6-8-17(26)9-7-16)23(30)25(31)28(21)11-10-27-12-14-34-15-13-27/h3-9,21,29H,10-15H2,1-2H3/b22-20+/t21-/m1/s1. The number of rotatable bonds is 7. The van der Waals surface area contributed by atoms with Crippen LogP contribution < -0.4 is 9.47 Å². The molecule has 2 aromatic rings. The molecule has 2 heterocycles. The topological polar surface area (TPSA) is 88.5 Å². The van der Waals surface area contributed by atoms with E-state index in [1.807, 2.05) is 0 Å². The molecule has 2 aliphatic heterocycles. The summed E-state index contributed by atoms with van der Waals surface area (Å²) in [5.74, 6) is -0.817. The number of ether oxygens (including phenoxy) is 3. The zero-order chi connectivity index (χ0) is 24.2. The minimum atomic E-state index is -0.846. The van der Waals surface area contributed by atoms with E-state index in [1.54, 1.807) is 42.5 Å². The van der Waals surface area contributed by atoms with Gasteiger partial charge in [-0.05, 0) is 30.3 Å². The van der Waals surface area contributed by atoms with Crippen molar-refractivity contribution in [2.45, 2.75) is 6.04 Å². The van der Waals surface area contributed by atoms with Gasteiger partial charge in [-0.15, -0.1) is 0 Å². The van der Waals surface area contributed by atoms with Crippen LogP contribution in [0.4, 0.5) is 0 Å². The van der Waals surface area contributed by atoms with Crippen molar-refractivity contribution in [3.05, 3.63) is 64.2 Å². The molecule has 1 N–H and O–H groups in total. The Bertz CT molecular complexity index is 1100. The monoisotopic (exact) mass is 486 g/mol. The number of hydrogen-bond acceptors (Lipinski definition) is 7. The fourth-order valence-corrected chi connectivity index (χ4v) is 4.52. The number of carbonyl (C=O) groups excluding carboxylic acids is 2. The van der Waals surface area contributed by atoms with E-state index >= 15 is 0 Å². The SMILES string of the molecule is COc1cccc([C@@H]2/C(=C(\O)c3ccc(Cl)cc3)C(=O)C(=O)N2CCN2CCOCC2)c1OC. The molecule has 0 bridgehead atoms. The third-order valence-corrected chi connectivity index (χ3v) is 6.40. The molecule has 9 heteroatoms. The van der Waals surface area contributed by atoms with Crippen LogP contribution in [0.3, 0.4) is 0 Å². The molecule has 180 valence electrons. The molecule has 1 atom stereocenters. The predicted molar refractivity (Wildman–Crippen MR) is 127 cm³/mol. The first kappa shape index (κ1) is 24.1. The second-order valence-electron chi connectivity index (χ2n) is 8.04. The predicted octanol–water partition coefficient (Wildman–Crippen LogP) is 3.11. The Hall–Kier alpha value is -3.07. The highest BCUT2D eigenvalue weighted by atomic mass is 35.5. The van der Waals surface area contributed by atoms with Gasteiger partial charge in [-0.1, -0.05) is 23.7 Å². The normalized spacial score (nSPS) is 20.6. The minimum Gasteiger partial charge on any atom is -0.507 e. The van der Waals surface area contributed by atoms with Crippen LogP contribution in [0.25, 0.3) is 5.76 Å². The molecule has 0 aliphatic carbocycles. The lowest BCUT2D eigenvalue weighted by Crippen LogP contribution is -2.42. The van der Waals surface area contributed by atoms with Crippen molar-refractivity contribution in [2.24, 2.45) is 0 Å². The first-order valence-electron chi connectivity index (χ1n) is 11.0. The summed E-state index contributed by atoms with van der Waals surface area (Å²) in [6.45, 7) is 3.63. The Kier molecular flexibility index (Phi) is 7.41. The molecule has 0 aromatic heterocycles. The lowest BCUT2D eigenvalue weighted by Gasteiger charge is -2.31. The van der Waals surface area contributed by atoms with Crippen molar-refractivity contribution in [3.63, 3.8) is 0 Å². The number of aliphatic hydroxyl groups is 1. The largest absolute Gasteiger partial charge is 0.507 e. The van der Waals surface area contributed by atoms with Crippen molar-refractivity contribution in [1.29, 1.82) is 0 Å². The number of Topliss-reactive ketones (excluding diaryl/α,β-unsaturated/α-hetero) is 1. The van der Waals surface area contributed by atoms with Crippen molar-refractivity contribution >= 4 is 29.1 Å². The maximum absolute atomic E-state index is 13.2. The number of benzene rings is 2. The third-order valence-electron chi connectivity index (χ3n) is 6.15. The van der Waals surface area contributed by atoms with Crippen LogP contribution in [-0.4, -0.2) is 80.2 Å². The molecule has 2 aliphatic rings. The number of likely N-dealkylation sites (tertiary alicyclic amines) is 1. The summed E-state index contributed by atoms with van der Waals surface area (Å²) in [6, 6.07) is 10.9. The summed E-state index contributed by atoms with van der Waals surface area (Å²) in [7, 11) is 3.02. The molecule has 0 spiro atoms. The summed E-state index contributed by atoms with van der Waals surface area (Å²) in [5, 5.41) is 11.7. The summed E-state index contributed by atoms with van der Waals surface area (Å²) in [5.41, 5.74) is 0.946. The van der Waals surface area contributed by atoms with Gasteiger partial charge in [-0.3, -0.25) is 14.5 Å². The van der Waals surface area contributed by atoms with E-state index in [1.165, 1.54) is 19.1 Å². The number of hydrogen-bond donors (Lipinski definition) is 1. The third kappa shape index (κ3) is 4.61. The lowest BCUT2D eigenvalue weighted by molar-refractivity contribution is -0.140. The van der Waals surface area contributed by atoms with E-state index in [0.29, 0.717) is 54.0 Å². The summed E-state index contributed by atoms with van der Waals surface area (Å²) in [4.78, 5) is 30.1. The molecule has 1 amide bonds. The Morgan fingerprint density at radius 1 is 1.06 bits per heavy atom. The van der Waals surface area contributed by atoms with Crippen molar-refractivity contribution < 1.29 is 28.9 Å². The number of nitrogens with zero attached hydrogens (tertiary/aromatic N) is 2. The Morgan fingerprint density at radius 3 is 2.41 bits per heavy atom. The number of morpholine rings is 1. The Labute approximate surface area is 203 Å². The highest BCUT2D eigenvalue weighted by molar-refractivity contribution is 6.46. The van der Waals surface area contributed by atoms with Crippen molar-refractivity contribution in [3.8, 4) is 11.5 Å². The van der Waals surface area contributed by atoms with Crippen LogP contribution in [0, 0.1) is 0 Å². The molecule has 2 aromatic carbocycles. The van der Waals surface area contributed by atoms with Gasteiger partial charge in [0.15, 0.2) is 11.5 Å². The number of para-hydroxylation sites is 1. The number of carbonyl (C=O) groups is 2. The van der Waals surface area contributed by atoms with Crippen LogP contribution >= 0.6 is 11.6 Å². The quantitative estimate of drug-likeness (QED) is 0.365. The fourth-order valence-electron chi connectivity index (χ4n) is 4.40. The van der Waals surface area contributed by atoms with Gasteiger partial charge < -0.3 is 24.2 Å². The van der Waals surface area contributed by atoms with Crippen LogP contribution in [-0.2, 0) is 14.3 Å². The summed E-state index contributed by atoms with van der Waals surface area (Å²) < 4.78 is 16.5. The van der Waals surface area contributed by atoms with Crippen LogP contribution in [0.1, 0.15) is 17.2 Å². The summed E-state index contributed by atoms with van der Waals surface area (Å²) in [6.07, 6.45) is 0. The Balaban J connectivity index is 1.81. The average molecular weight is 487 g/mol. The van der Waals surface area contributed by atoms with E-state index in [9.17, 15) is 14.7 Å². The number of methoxy groups -OCH3 is 2. The van der Waals surface area contributed by atoms with Gasteiger partial charge in [0.1, 0.15) is 5.76 Å². The highest BCUT2D eigenvalue weighted by Crippen LogP contribution is 2.45. The minimum absolute atomic E-state index is 0.000790. The van der Waals surface area contributed by atoms with Crippen LogP contribution in [0.15, 0.2) is 48.0 Å². The smallest absolute Gasteiger partial charge is 0.295 e. The average Bonchev–Trinajstić information content (AvgIpc) is 3.12. The molecule has 8 nitrogen and oxygen atoms in total. The molecular weight excluding hydrogens is 460 g/mol. The molecule has 2 fully saturated rings. The van der Waals surface area contributed by atoms with Crippen LogP contribution in [0.5, 0.6) is 11.5 Å². The molecule has 0 saturated carbocycles. The van der Waals surface area contributed by atoms with Gasteiger partial charge in [0.2, 0.25) is 0 Å². The lowest BCUT2D eigenvalue weighted by atomic mass is 9.94. The fraction of sp³-hybridized carbons (Fsp3) is 0.360. The molecular formula is C25H27ClN2O6. The molecule has 34 heavy (non-hydrogen) atoms. The van der Waals surface area contributed by atoms with E-state index < -0.39 is 17.7 Å². The van der Waals surface area contributed by atoms with Gasteiger partial charge in [0, 0.05) is 42.3 Å². The number of aliphatic hydroxyl groups excluding tert-OH is 1. The molecule has 2 saturated heterocycles. The second-order valence-corrected chi connectivity index (χ2v) is 8.47. The van der Waals surface area contributed by atoms with Gasteiger partial charge in [0.05, 0.1) is 39.0 Å². The first-order chi connectivity index (χ1) is 16.5. The van der Waals surface area contributed by atoms with Gasteiger partial charge >= 0.3 is 0 Å². The zero-order valence-electron chi connectivity index (χ0n) is 19.1. The molecule has 4 rings (SSSR count). The van der Waals surface area contributed by atoms with Crippen molar-refractivity contribution in [1.82, 2.24) is 9.80 Å². The highest BCUT2D eigenvalue weighted by Gasteiger charge is 2.47. The number of halogens is 1. The van der Waals surface area contributed by atoms with E-state index in [2.05, 4.69) is 4.90 Å². The maximum atomic E-state index is 13.2. The summed E-state index contributed by atoms with van der Waals surface area (Å²) >= 11 is 5.99. The van der Waals surface area contributed by atoms with Crippen LogP contribution in [0.2, 0.25) is 5.02 Å². The van der Waals surface area contributed by atoms with Gasteiger partial charge in [0.25, 0.3) is 11.7 Å². The van der Waals surface area contributed by atoms with E-state index in [0.717, 1.165) is 13.1 Å². The Morgan fingerprint density at radius 2 is 1.76 bits per heavy atom. The number of amides is 1. The van der Waals surface area contributed by atoms with Gasteiger partial charge in [-0.25, -0.2) is 0 Å². The second kappa shape index (κ2) is 10.5. The van der Waals surface area contributed by atoms with Crippen molar-refractivity contribution in [2.75, 3.05) is 53.6 Å². The van der Waals surface area contributed by atoms with Gasteiger partial charge in [-0.2, -0.15) is 0 Å². The molecule has 0 radical (unpaired) electrons.